The highest BCUT2D eigenvalue weighted by Crippen LogP contribution is 2.23. The largest absolute Gasteiger partial charge is 0.370 e. The van der Waals surface area contributed by atoms with Gasteiger partial charge in [0.2, 0.25) is 20.0 Å². The van der Waals surface area contributed by atoms with E-state index in [1.807, 2.05) is 30.9 Å². The minimum Gasteiger partial charge on any atom is -0.370 e. The highest BCUT2D eigenvalue weighted by Gasteiger charge is 2.10. The van der Waals surface area contributed by atoms with Gasteiger partial charge in [0.15, 0.2) is 0 Å². The molecule has 0 spiro atoms. The van der Waals surface area contributed by atoms with Crippen LogP contribution < -0.4 is 14.3 Å². The molecule has 0 aliphatic carbocycles. The molecular weight excluding hydrogens is 326 g/mol. The molecule has 0 bridgehead atoms. The number of hydrogen-bond donors (Lipinski definition) is 2. The van der Waals surface area contributed by atoms with Crippen molar-refractivity contribution in [1.29, 1.82) is 0 Å². The Labute approximate surface area is 132 Å². The number of rotatable bonds is 8. The smallest absolute Gasteiger partial charge is 0.229 e. The minimum atomic E-state index is -3.31. The molecular formula is C13H23N3O4S2. The molecule has 0 aliphatic heterocycles. The van der Waals surface area contributed by atoms with Crippen LogP contribution in [-0.4, -0.2) is 49.0 Å². The lowest BCUT2D eigenvalue weighted by molar-refractivity contribution is 0.587. The molecule has 9 heteroatoms. The second-order valence-electron chi connectivity index (χ2n) is 5.12. The summed E-state index contributed by atoms with van der Waals surface area (Å²) in [5.74, 6) is 0. The van der Waals surface area contributed by atoms with Crippen molar-refractivity contribution in [1.82, 2.24) is 4.72 Å². The van der Waals surface area contributed by atoms with Gasteiger partial charge >= 0.3 is 0 Å². The number of nitrogens with one attached hydrogen (secondary N) is 2. The van der Waals surface area contributed by atoms with Gasteiger partial charge in [-0.05, 0) is 37.6 Å². The van der Waals surface area contributed by atoms with Crippen molar-refractivity contribution >= 4 is 31.4 Å². The van der Waals surface area contributed by atoms with Crippen LogP contribution in [0.3, 0.4) is 0 Å². The molecule has 0 aromatic heterocycles. The first kappa shape index (κ1) is 18.7. The zero-order chi connectivity index (χ0) is 17.0. The average Bonchev–Trinajstić information content (AvgIpc) is 2.34. The van der Waals surface area contributed by atoms with Gasteiger partial charge in [0.25, 0.3) is 0 Å². The molecule has 0 radical (unpaired) electrons. The van der Waals surface area contributed by atoms with Crippen LogP contribution in [-0.2, 0) is 20.0 Å². The fourth-order valence-electron chi connectivity index (χ4n) is 1.99. The Kier molecular flexibility index (Phi) is 6.21. The van der Waals surface area contributed by atoms with Gasteiger partial charge in [-0.2, -0.15) is 0 Å². The maximum atomic E-state index is 11.3. The number of likely N-dealkylation sites (N-methyl/N-ethyl adjacent to an activating group) is 1. The molecule has 0 unspecified atom stereocenters. The maximum absolute atomic E-state index is 11.3. The Morgan fingerprint density at radius 3 is 2.18 bits per heavy atom. The van der Waals surface area contributed by atoms with Gasteiger partial charge < -0.3 is 4.90 Å². The molecule has 0 aliphatic rings. The van der Waals surface area contributed by atoms with Crippen LogP contribution in [0.1, 0.15) is 12.5 Å². The summed E-state index contributed by atoms with van der Waals surface area (Å²) in [5.41, 5.74) is 2.25. The lowest BCUT2D eigenvalue weighted by Crippen LogP contribution is -2.34. The van der Waals surface area contributed by atoms with E-state index in [1.54, 1.807) is 6.07 Å². The summed E-state index contributed by atoms with van der Waals surface area (Å²) in [4.78, 5) is 2.01. The summed E-state index contributed by atoms with van der Waals surface area (Å²) < 4.78 is 49.6. The first-order valence-corrected chi connectivity index (χ1v) is 10.6. The minimum absolute atomic E-state index is 0.315. The van der Waals surface area contributed by atoms with E-state index in [9.17, 15) is 16.8 Å². The molecule has 0 amide bonds. The van der Waals surface area contributed by atoms with Gasteiger partial charge in [-0.15, -0.1) is 0 Å². The number of aryl methyl sites for hydroxylation is 1. The first-order valence-electron chi connectivity index (χ1n) is 6.80. The monoisotopic (exact) mass is 349 g/mol. The molecule has 0 fully saturated rings. The molecule has 1 aromatic rings. The lowest BCUT2D eigenvalue weighted by Gasteiger charge is -2.24. The van der Waals surface area contributed by atoms with Gasteiger partial charge in [0.1, 0.15) is 0 Å². The number of anilines is 2. The van der Waals surface area contributed by atoms with Crippen LogP contribution in [0.5, 0.6) is 0 Å². The van der Waals surface area contributed by atoms with Crippen LogP contribution in [0.2, 0.25) is 0 Å². The van der Waals surface area contributed by atoms with Crippen LogP contribution in [0.15, 0.2) is 18.2 Å². The Hall–Kier alpha value is -1.32. The fraction of sp³-hybridized carbons (Fsp3) is 0.538. The molecule has 0 atom stereocenters. The number of sulfonamides is 2. The zero-order valence-corrected chi connectivity index (χ0v) is 14.9. The summed E-state index contributed by atoms with van der Waals surface area (Å²) in [6.07, 6.45) is 2.23. The molecule has 0 heterocycles. The van der Waals surface area contributed by atoms with Crippen molar-refractivity contribution in [3.05, 3.63) is 23.8 Å². The fourth-order valence-corrected chi connectivity index (χ4v) is 3.09. The van der Waals surface area contributed by atoms with E-state index in [1.165, 1.54) is 0 Å². The zero-order valence-electron chi connectivity index (χ0n) is 13.3. The molecule has 126 valence electrons. The van der Waals surface area contributed by atoms with Crippen molar-refractivity contribution < 1.29 is 16.8 Å². The van der Waals surface area contributed by atoms with Crippen LogP contribution in [0.4, 0.5) is 11.4 Å². The van der Waals surface area contributed by atoms with E-state index < -0.39 is 20.0 Å². The van der Waals surface area contributed by atoms with Gasteiger partial charge in [-0.25, -0.2) is 21.6 Å². The van der Waals surface area contributed by atoms with E-state index >= 15 is 0 Å². The van der Waals surface area contributed by atoms with E-state index in [4.69, 9.17) is 0 Å². The highest BCUT2D eigenvalue weighted by atomic mass is 32.2. The highest BCUT2D eigenvalue weighted by molar-refractivity contribution is 7.92. The SMILES string of the molecule is CCN(CCNS(C)(=O)=O)c1ccc(NS(C)(=O)=O)c(C)c1. The number of nitrogens with zero attached hydrogens (tertiary/aromatic N) is 1. The summed E-state index contributed by atoms with van der Waals surface area (Å²) in [7, 11) is -6.51. The van der Waals surface area contributed by atoms with Crippen LogP contribution >= 0.6 is 0 Å². The Morgan fingerprint density at radius 1 is 1.09 bits per heavy atom. The quantitative estimate of drug-likeness (QED) is 0.722. The van der Waals surface area contributed by atoms with Gasteiger partial charge in [0, 0.05) is 25.3 Å². The third-order valence-corrected chi connectivity index (χ3v) is 4.32. The molecule has 22 heavy (non-hydrogen) atoms. The average molecular weight is 349 g/mol. The van der Waals surface area contributed by atoms with Gasteiger partial charge in [-0.3, -0.25) is 4.72 Å². The first-order chi connectivity index (χ1) is 10.0. The van der Waals surface area contributed by atoms with Crippen molar-refractivity contribution in [2.24, 2.45) is 0 Å². The normalized spacial score (nSPS) is 12.2. The molecule has 1 rings (SSSR count). The number of benzene rings is 1. The van der Waals surface area contributed by atoms with E-state index in [-0.39, 0.29) is 0 Å². The Bertz CT molecular complexity index is 715. The summed E-state index contributed by atoms with van der Waals surface area (Å²) in [6.45, 7) is 5.35. The van der Waals surface area contributed by atoms with Gasteiger partial charge in [-0.1, -0.05) is 0 Å². The summed E-state index contributed by atoms with van der Waals surface area (Å²) >= 11 is 0. The lowest BCUT2D eigenvalue weighted by atomic mass is 10.1. The predicted molar refractivity (Wildman–Crippen MR) is 90.4 cm³/mol. The predicted octanol–water partition coefficient (Wildman–Crippen LogP) is 0.742. The summed E-state index contributed by atoms with van der Waals surface area (Å²) in [5, 5.41) is 0. The Balaban J connectivity index is 2.83. The molecule has 1 aromatic carbocycles. The third kappa shape index (κ3) is 6.63. The second-order valence-corrected chi connectivity index (χ2v) is 8.70. The van der Waals surface area contributed by atoms with Crippen molar-refractivity contribution in [2.45, 2.75) is 13.8 Å². The topological polar surface area (TPSA) is 95.6 Å². The second kappa shape index (κ2) is 7.30. The van der Waals surface area contributed by atoms with E-state index in [2.05, 4.69) is 9.44 Å². The van der Waals surface area contributed by atoms with Crippen LogP contribution in [0.25, 0.3) is 0 Å². The van der Waals surface area contributed by atoms with Crippen LogP contribution in [0, 0.1) is 6.92 Å². The van der Waals surface area contributed by atoms with Crippen molar-refractivity contribution in [2.75, 3.05) is 41.8 Å². The van der Waals surface area contributed by atoms with Gasteiger partial charge in [0.05, 0.1) is 18.2 Å². The van der Waals surface area contributed by atoms with E-state index in [0.29, 0.717) is 25.3 Å². The molecule has 0 saturated heterocycles. The van der Waals surface area contributed by atoms with Crippen molar-refractivity contribution in [3.8, 4) is 0 Å². The van der Waals surface area contributed by atoms with E-state index in [0.717, 1.165) is 23.8 Å². The standard InChI is InChI=1S/C13H23N3O4S2/c1-5-16(9-8-14-21(3,17)18)12-6-7-13(11(2)10-12)15-22(4,19)20/h6-7,10,14-15H,5,8-9H2,1-4H3. The maximum Gasteiger partial charge on any atom is 0.229 e. The Morgan fingerprint density at radius 2 is 1.73 bits per heavy atom. The molecule has 7 nitrogen and oxygen atoms in total. The third-order valence-electron chi connectivity index (χ3n) is 3.00. The summed E-state index contributed by atoms with van der Waals surface area (Å²) in [6, 6.07) is 5.39. The molecule has 2 N–H and O–H groups in total. The number of hydrogen-bond acceptors (Lipinski definition) is 5. The van der Waals surface area contributed by atoms with Crippen molar-refractivity contribution in [3.63, 3.8) is 0 Å². The molecule has 0 saturated carbocycles.